The molecule has 0 saturated heterocycles. The lowest BCUT2D eigenvalue weighted by molar-refractivity contribution is -0.384. The molecule has 212 valence electrons. The predicted octanol–water partition coefficient (Wildman–Crippen LogP) is 6.53. The summed E-state index contributed by atoms with van der Waals surface area (Å²) in [5.74, 6) is -0.503. The third-order valence-electron chi connectivity index (χ3n) is 6.54. The largest absolute Gasteiger partial charge is 0.488 e. The van der Waals surface area contributed by atoms with Crippen LogP contribution in [0.3, 0.4) is 0 Å². The highest BCUT2D eigenvalue weighted by Crippen LogP contribution is 2.29. The molecule has 0 aliphatic heterocycles. The lowest BCUT2D eigenvalue weighted by Gasteiger charge is -2.10. The van der Waals surface area contributed by atoms with Crippen LogP contribution in [0.4, 0.5) is 5.69 Å². The van der Waals surface area contributed by atoms with Crippen molar-refractivity contribution in [3.8, 4) is 17.3 Å². The number of hydrogen-bond acceptors (Lipinski definition) is 8. The van der Waals surface area contributed by atoms with E-state index in [0.29, 0.717) is 32.5 Å². The van der Waals surface area contributed by atoms with Crippen LogP contribution in [0, 0.1) is 10.1 Å². The van der Waals surface area contributed by atoms with Crippen LogP contribution in [0.2, 0.25) is 5.02 Å². The number of aromatic carboxylic acids is 1. The van der Waals surface area contributed by atoms with E-state index in [1.54, 1.807) is 60.7 Å². The third-order valence-corrected chi connectivity index (χ3v) is 6.77. The van der Waals surface area contributed by atoms with Gasteiger partial charge >= 0.3 is 5.97 Å². The number of non-ortho nitro benzene ring substituents is 1. The monoisotopic (exact) mass is 594 g/mol. The minimum Gasteiger partial charge on any atom is -0.488 e. The van der Waals surface area contributed by atoms with Crippen molar-refractivity contribution in [3.05, 3.63) is 133 Å². The second-order valence-electron chi connectivity index (χ2n) is 9.38. The van der Waals surface area contributed by atoms with Gasteiger partial charge in [-0.1, -0.05) is 35.9 Å². The molecule has 6 rings (SSSR count). The fourth-order valence-corrected chi connectivity index (χ4v) is 4.65. The Balaban J connectivity index is 1.44. The molecule has 0 unspecified atom stereocenters. The van der Waals surface area contributed by atoms with Gasteiger partial charge in [-0.2, -0.15) is 9.78 Å². The molecule has 12 heteroatoms. The zero-order valence-corrected chi connectivity index (χ0v) is 22.8. The number of para-hydroxylation sites is 1. The van der Waals surface area contributed by atoms with Crippen LogP contribution in [-0.2, 0) is 6.61 Å². The summed E-state index contributed by atoms with van der Waals surface area (Å²) >= 11 is 6.14. The number of carboxylic acids is 1. The third kappa shape index (κ3) is 5.56. The molecular weight excluding hydrogens is 576 g/mol. The quantitative estimate of drug-likeness (QED) is 0.119. The Hall–Kier alpha value is -5.81. The van der Waals surface area contributed by atoms with E-state index in [-0.39, 0.29) is 40.8 Å². The molecule has 0 atom stereocenters. The number of nitro groups is 1. The fourth-order valence-electron chi connectivity index (χ4n) is 4.47. The molecule has 0 bridgehead atoms. The molecule has 11 nitrogen and oxygen atoms in total. The van der Waals surface area contributed by atoms with Gasteiger partial charge in [-0.15, -0.1) is 0 Å². The summed E-state index contributed by atoms with van der Waals surface area (Å²) in [4.78, 5) is 40.6. The van der Waals surface area contributed by atoms with Crippen molar-refractivity contribution in [2.75, 3.05) is 0 Å². The first-order valence-electron chi connectivity index (χ1n) is 12.8. The van der Waals surface area contributed by atoms with Crippen molar-refractivity contribution in [2.24, 2.45) is 5.10 Å². The number of fused-ring (bicyclic) bond motifs is 2. The van der Waals surface area contributed by atoms with Crippen molar-refractivity contribution < 1.29 is 24.0 Å². The lowest BCUT2D eigenvalue weighted by atomic mass is 10.1. The van der Waals surface area contributed by atoms with E-state index in [4.69, 9.17) is 20.8 Å². The average Bonchev–Trinajstić information content (AvgIpc) is 3.43. The maximum atomic E-state index is 13.6. The van der Waals surface area contributed by atoms with Gasteiger partial charge in [0.25, 0.3) is 11.2 Å². The molecule has 0 aliphatic carbocycles. The molecule has 1 N–H and O–H groups in total. The molecule has 0 spiro atoms. The Morgan fingerprint density at radius 3 is 2.72 bits per heavy atom. The summed E-state index contributed by atoms with van der Waals surface area (Å²) < 4.78 is 12.9. The van der Waals surface area contributed by atoms with Gasteiger partial charge in [0.15, 0.2) is 5.76 Å². The summed E-state index contributed by atoms with van der Waals surface area (Å²) in [5, 5.41) is 26.7. The Labute approximate surface area is 247 Å². The van der Waals surface area contributed by atoms with E-state index in [1.165, 1.54) is 36.5 Å². The molecule has 2 aromatic heterocycles. The maximum Gasteiger partial charge on any atom is 0.335 e. The molecule has 0 saturated carbocycles. The summed E-state index contributed by atoms with van der Waals surface area (Å²) in [7, 11) is 0. The predicted molar refractivity (Wildman–Crippen MR) is 160 cm³/mol. The van der Waals surface area contributed by atoms with Crippen molar-refractivity contribution >= 4 is 51.3 Å². The van der Waals surface area contributed by atoms with E-state index >= 15 is 0 Å². The second kappa shape index (κ2) is 11.2. The van der Waals surface area contributed by atoms with E-state index in [2.05, 4.69) is 10.1 Å². The van der Waals surface area contributed by atoms with E-state index < -0.39 is 16.5 Å². The number of hydrogen-bond donors (Lipinski definition) is 1. The van der Waals surface area contributed by atoms with Crippen LogP contribution in [0.1, 0.15) is 21.5 Å². The highest BCUT2D eigenvalue weighted by molar-refractivity contribution is 6.31. The number of benzene rings is 4. The van der Waals surface area contributed by atoms with Crippen LogP contribution in [-0.4, -0.2) is 31.9 Å². The molecule has 0 fully saturated rings. The molecule has 4 aromatic carbocycles. The summed E-state index contributed by atoms with van der Waals surface area (Å²) in [6.45, 7) is -0.0238. The minimum absolute atomic E-state index is 0.0238. The van der Waals surface area contributed by atoms with Crippen molar-refractivity contribution in [1.82, 2.24) is 9.66 Å². The molecule has 0 amide bonds. The topological polar surface area (TPSA) is 150 Å². The maximum absolute atomic E-state index is 13.6. The van der Waals surface area contributed by atoms with E-state index in [0.717, 1.165) is 4.68 Å². The number of ether oxygens (including phenoxy) is 1. The van der Waals surface area contributed by atoms with Crippen molar-refractivity contribution in [1.29, 1.82) is 0 Å². The highest BCUT2D eigenvalue weighted by atomic mass is 35.5. The number of rotatable bonds is 8. The molecule has 2 heterocycles. The lowest BCUT2D eigenvalue weighted by Crippen LogP contribution is -2.20. The van der Waals surface area contributed by atoms with Gasteiger partial charge in [-0.05, 0) is 60.2 Å². The smallest absolute Gasteiger partial charge is 0.335 e. The highest BCUT2D eigenvalue weighted by Gasteiger charge is 2.18. The molecule has 0 radical (unpaired) electrons. The molecule has 6 aromatic rings. The van der Waals surface area contributed by atoms with Gasteiger partial charge in [-0.3, -0.25) is 14.9 Å². The number of halogens is 1. The first kappa shape index (κ1) is 27.4. The van der Waals surface area contributed by atoms with Gasteiger partial charge in [0.1, 0.15) is 17.9 Å². The number of furan rings is 1. The zero-order chi connectivity index (χ0) is 30.1. The first-order chi connectivity index (χ1) is 20.8. The average molecular weight is 595 g/mol. The van der Waals surface area contributed by atoms with Crippen molar-refractivity contribution in [2.45, 2.75) is 6.61 Å². The summed E-state index contributed by atoms with van der Waals surface area (Å²) in [5.41, 5.74) is 1.10. The number of aromatic nitrogens is 2. The van der Waals surface area contributed by atoms with Crippen LogP contribution >= 0.6 is 11.6 Å². The van der Waals surface area contributed by atoms with Gasteiger partial charge in [0.05, 0.1) is 27.6 Å². The van der Waals surface area contributed by atoms with Gasteiger partial charge in [0, 0.05) is 28.1 Å². The minimum atomic E-state index is -1.08. The van der Waals surface area contributed by atoms with Crippen LogP contribution in [0.25, 0.3) is 33.5 Å². The Morgan fingerprint density at radius 1 is 1.07 bits per heavy atom. The Bertz CT molecular complexity index is 2150. The van der Waals surface area contributed by atoms with E-state index in [9.17, 15) is 24.8 Å². The van der Waals surface area contributed by atoms with E-state index in [1.807, 2.05) is 0 Å². The normalized spacial score (nSPS) is 11.4. The van der Waals surface area contributed by atoms with Crippen molar-refractivity contribution in [3.63, 3.8) is 0 Å². The van der Waals surface area contributed by atoms with Crippen LogP contribution in [0.5, 0.6) is 5.75 Å². The fraction of sp³-hybridized carbons (Fsp3) is 0.0323. The standard InChI is InChI=1S/C31H19ClN4O7/c32-22-8-10-27-20(13-22)15-28(43-27)29-34-25-7-2-1-6-24(25)30(37)35(29)33-16-21-14-23(36(40)41)9-11-26(21)42-17-18-4-3-5-19(12-18)31(38)39/h1-16H,17H2,(H,38,39). The SMILES string of the molecule is O=C(O)c1cccc(COc2ccc([N+](=O)[O-])cc2C=Nn2c(-c3cc4cc(Cl)ccc4o3)nc3ccccc3c2=O)c1. The molecule has 43 heavy (non-hydrogen) atoms. The van der Waals surface area contributed by atoms with Crippen LogP contribution < -0.4 is 10.3 Å². The van der Waals surface area contributed by atoms with Gasteiger partial charge in [0.2, 0.25) is 5.82 Å². The Morgan fingerprint density at radius 2 is 1.91 bits per heavy atom. The number of nitrogens with zero attached hydrogens (tertiary/aromatic N) is 4. The first-order valence-corrected chi connectivity index (χ1v) is 13.1. The summed E-state index contributed by atoms with van der Waals surface area (Å²) in [6.07, 6.45) is 1.26. The van der Waals surface area contributed by atoms with Gasteiger partial charge < -0.3 is 14.3 Å². The second-order valence-corrected chi connectivity index (χ2v) is 9.82. The number of nitro benzene ring substituents is 1. The zero-order valence-electron chi connectivity index (χ0n) is 22.0. The van der Waals surface area contributed by atoms with Crippen LogP contribution in [0.15, 0.2) is 105 Å². The van der Waals surface area contributed by atoms with Gasteiger partial charge in [-0.25, -0.2) is 9.78 Å². The number of carbonyl (C=O) groups is 1. The number of carboxylic acid groups (broad SMARTS) is 1. The Kier molecular flexibility index (Phi) is 7.14. The molecular formula is C31H19ClN4O7. The molecule has 0 aliphatic rings. The summed E-state index contributed by atoms with van der Waals surface area (Å²) in [6, 6.07) is 23.7.